The van der Waals surface area contributed by atoms with Gasteiger partial charge < -0.3 is 15.3 Å². The molecule has 0 saturated carbocycles. The van der Waals surface area contributed by atoms with Gasteiger partial charge in [0.2, 0.25) is 0 Å². The van der Waals surface area contributed by atoms with E-state index in [0.29, 0.717) is 6.54 Å². The lowest BCUT2D eigenvalue weighted by Gasteiger charge is -2.25. The van der Waals surface area contributed by atoms with Crippen LogP contribution in [0, 0.1) is 0 Å². The second kappa shape index (κ2) is 4.49. The van der Waals surface area contributed by atoms with Crippen molar-refractivity contribution in [3.8, 4) is 0 Å². The topological polar surface area (TPSA) is 77.8 Å². The lowest BCUT2D eigenvalue weighted by Crippen LogP contribution is -2.34. The first-order chi connectivity index (χ1) is 8.38. The molecule has 6 heteroatoms. The summed E-state index contributed by atoms with van der Waals surface area (Å²) < 4.78 is 0. The van der Waals surface area contributed by atoms with Gasteiger partial charge in [0, 0.05) is 12.0 Å². The van der Waals surface area contributed by atoms with Crippen molar-refractivity contribution in [3.63, 3.8) is 0 Å². The number of rotatable bonds is 3. The molecule has 3 N–H and O–H groups in total. The third-order valence-corrected chi connectivity index (χ3v) is 3.10. The van der Waals surface area contributed by atoms with E-state index < -0.39 is 5.37 Å². The Kier molecular flexibility index (Phi) is 3.17. The van der Waals surface area contributed by atoms with Crippen molar-refractivity contribution in [2.45, 2.75) is 19.3 Å². The second-order valence-electron chi connectivity index (χ2n) is 4.85. The van der Waals surface area contributed by atoms with Crippen LogP contribution >= 0.6 is 11.6 Å². The van der Waals surface area contributed by atoms with Gasteiger partial charge in [0.1, 0.15) is 0 Å². The smallest absolute Gasteiger partial charge is 0.323 e. The normalized spacial score (nSPS) is 11.7. The molecule has 0 aliphatic carbocycles. The first-order valence-electron chi connectivity index (χ1n) is 5.54. The van der Waals surface area contributed by atoms with Crippen molar-refractivity contribution in [1.82, 2.24) is 15.3 Å². The van der Waals surface area contributed by atoms with E-state index in [0.717, 1.165) is 16.6 Å². The van der Waals surface area contributed by atoms with Crippen molar-refractivity contribution in [1.29, 1.82) is 0 Å². The lowest BCUT2D eigenvalue weighted by atomic mass is 9.84. The quantitative estimate of drug-likeness (QED) is 0.588. The third-order valence-electron chi connectivity index (χ3n) is 2.97. The number of carbonyl (C=O) groups excluding carboxylic acids is 1. The van der Waals surface area contributed by atoms with Gasteiger partial charge in [-0.1, -0.05) is 19.9 Å². The maximum atomic E-state index is 11.2. The number of nitrogens with one attached hydrogen (secondary N) is 3. The molecule has 96 valence electrons. The highest BCUT2D eigenvalue weighted by atomic mass is 35.5. The SMILES string of the molecule is CC(C)(CNC(=O)Cl)c1ccc2[nH]c(=O)[nH]c2c1. The van der Waals surface area contributed by atoms with Crippen molar-refractivity contribution < 1.29 is 4.79 Å². The molecule has 0 aliphatic rings. The van der Waals surface area contributed by atoms with E-state index in [1.165, 1.54) is 0 Å². The van der Waals surface area contributed by atoms with Crippen LogP contribution in [0.1, 0.15) is 19.4 Å². The van der Waals surface area contributed by atoms with E-state index in [9.17, 15) is 9.59 Å². The molecular weight excluding hydrogens is 254 g/mol. The van der Waals surface area contributed by atoms with E-state index in [1.807, 2.05) is 32.0 Å². The summed E-state index contributed by atoms with van der Waals surface area (Å²) in [6.07, 6.45) is 0. The zero-order valence-corrected chi connectivity index (χ0v) is 10.9. The van der Waals surface area contributed by atoms with Gasteiger partial charge in [-0.2, -0.15) is 0 Å². The van der Waals surface area contributed by atoms with Gasteiger partial charge >= 0.3 is 11.1 Å². The molecule has 0 atom stereocenters. The van der Waals surface area contributed by atoms with Gasteiger partial charge in [0.15, 0.2) is 0 Å². The van der Waals surface area contributed by atoms with Crippen molar-refractivity contribution in [2.75, 3.05) is 6.54 Å². The highest BCUT2D eigenvalue weighted by Gasteiger charge is 2.21. The first-order valence-corrected chi connectivity index (χ1v) is 5.92. The van der Waals surface area contributed by atoms with Crippen molar-refractivity contribution in [3.05, 3.63) is 34.2 Å². The standard InChI is InChI=1S/C12H14ClN3O2/c1-12(2,6-14-10(13)17)7-3-4-8-9(5-7)16-11(18)15-8/h3-5H,6H2,1-2H3,(H,14,17)(H2,15,16,18). The van der Waals surface area contributed by atoms with Crippen LogP contribution in [0.3, 0.4) is 0 Å². The van der Waals surface area contributed by atoms with Crippen LogP contribution < -0.4 is 11.0 Å². The molecule has 0 saturated heterocycles. The fourth-order valence-electron chi connectivity index (χ4n) is 1.85. The zero-order valence-electron chi connectivity index (χ0n) is 10.1. The Balaban J connectivity index is 2.34. The maximum absolute atomic E-state index is 11.2. The molecule has 18 heavy (non-hydrogen) atoms. The molecule has 1 amide bonds. The predicted molar refractivity (Wildman–Crippen MR) is 71.2 cm³/mol. The number of amides is 1. The molecule has 1 aromatic carbocycles. The summed E-state index contributed by atoms with van der Waals surface area (Å²) in [7, 11) is 0. The van der Waals surface area contributed by atoms with E-state index >= 15 is 0 Å². The van der Waals surface area contributed by atoms with Crippen LogP contribution in [0.25, 0.3) is 11.0 Å². The average molecular weight is 268 g/mol. The van der Waals surface area contributed by atoms with Crippen LogP contribution in [0.4, 0.5) is 4.79 Å². The highest BCUT2D eigenvalue weighted by molar-refractivity contribution is 6.62. The molecule has 0 bridgehead atoms. The van der Waals surface area contributed by atoms with E-state index in [1.54, 1.807) is 0 Å². The minimum Gasteiger partial charge on any atom is -0.342 e. The summed E-state index contributed by atoms with van der Waals surface area (Å²) in [6, 6.07) is 5.66. The van der Waals surface area contributed by atoms with Gasteiger partial charge in [0.25, 0.3) is 0 Å². The number of halogens is 1. The summed E-state index contributed by atoms with van der Waals surface area (Å²) in [6.45, 7) is 4.41. The molecule has 2 rings (SSSR count). The molecule has 2 aromatic rings. The van der Waals surface area contributed by atoms with E-state index in [-0.39, 0.29) is 11.1 Å². The summed E-state index contributed by atoms with van der Waals surface area (Å²) in [5, 5.41) is 2.01. The van der Waals surface area contributed by atoms with Crippen LogP contribution in [0.15, 0.2) is 23.0 Å². The monoisotopic (exact) mass is 267 g/mol. The minimum absolute atomic E-state index is 0.228. The lowest BCUT2D eigenvalue weighted by molar-refractivity contribution is 0.257. The number of benzene rings is 1. The second-order valence-corrected chi connectivity index (χ2v) is 5.19. The Bertz CT molecular complexity index is 642. The Morgan fingerprint density at radius 2 is 2.00 bits per heavy atom. The molecule has 0 aliphatic heterocycles. The third kappa shape index (κ3) is 2.56. The van der Waals surface area contributed by atoms with Gasteiger partial charge in [-0.25, -0.2) is 4.79 Å². The zero-order chi connectivity index (χ0) is 13.3. The van der Waals surface area contributed by atoms with Crippen LogP contribution in [-0.2, 0) is 5.41 Å². The number of hydrogen-bond donors (Lipinski definition) is 3. The van der Waals surface area contributed by atoms with Crippen LogP contribution in [0.2, 0.25) is 0 Å². The summed E-state index contributed by atoms with van der Waals surface area (Å²) in [5.41, 5.74) is 2.03. The Morgan fingerprint density at radius 1 is 1.33 bits per heavy atom. The van der Waals surface area contributed by atoms with Crippen molar-refractivity contribution >= 4 is 28.0 Å². The summed E-state index contributed by atoms with van der Waals surface area (Å²) in [5.74, 6) is 0. The predicted octanol–water partition coefficient (Wildman–Crippen LogP) is 2.08. The van der Waals surface area contributed by atoms with E-state index in [2.05, 4.69) is 15.3 Å². The van der Waals surface area contributed by atoms with Gasteiger partial charge in [-0.3, -0.25) is 4.79 Å². The fraction of sp³-hybridized carbons (Fsp3) is 0.333. The Labute approximate surface area is 109 Å². The number of imidazole rings is 1. The minimum atomic E-state index is -0.570. The molecule has 0 fully saturated rings. The number of H-pyrrole nitrogens is 2. The van der Waals surface area contributed by atoms with E-state index in [4.69, 9.17) is 11.6 Å². The van der Waals surface area contributed by atoms with Gasteiger partial charge in [-0.05, 0) is 29.3 Å². The molecule has 0 radical (unpaired) electrons. The van der Waals surface area contributed by atoms with Gasteiger partial charge in [-0.15, -0.1) is 0 Å². The molecule has 1 heterocycles. The maximum Gasteiger partial charge on any atom is 0.323 e. The van der Waals surface area contributed by atoms with Gasteiger partial charge in [0.05, 0.1) is 11.0 Å². The van der Waals surface area contributed by atoms with Crippen molar-refractivity contribution in [2.24, 2.45) is 0 Å². The molecule has 5 nitrogen and oxygen atoms in total. The molecule has 0 unspecified atom stereocenters. The average Bonchev–Trinajstić information content (AvgIpc) is 2.65. The number of fused-ring (bicyclic) bond motifs is 1. The summed E-state index contributed by atoms with van der Waals surface area (Å²) in [4.78, 5) is 27.3. The largest absolute Gasteiger partial charge is 0.342 e. The number of aromatic nitrogens is 2. The number of hydrogen-bond acceptors (Lipinski definition) is 2. The first kappa shape index (κ1) is 12.7. The molecule has 0 spiro atoms. The number of carbonyl (C=O) groups is 1. The van der Waals surface area contributed by atoms with Crippen LogP contribution in [-0.4, -0.2) is 21.9 Å². The number of aromatic amines is 2. The Morgan fingerprint density at radius 3 is 2.67 bits per heavy atom. The highest BCUT2D eigenvalue weighted by Crippen LogP contribution is 2.24. The molecule has 1 aromatic heterocycles. The summed E-state index contributed by atoms with van der Waals surface area (Å²) >= 11 is 5.27. The Hall–Kier alpha value is -1.75. The van der Waals surface area contributed by atoms with Crippen LogP contribution in [0.5, 0.6) is 0 Å². The molecular formula is C12H14ClN3O2. The fourth-order valence-corrected chi connectivity index (χ4v) is 1.91.